The fraction of sp³-hybridized carbons (Fsp3) is 0.583. The molecular weight excluding hydrogens is 325 g/mol. The molecule has 6 nitrogen and oxygen atoms in total. The van der Waals surface area contributed by atoms with Crippen LogP contribution < -0.4 is 5.32 Å². The number of amides is 2. The Balaban J connectivity index is 2.07. The number of likely N-dealkylation sites (N-methyl/N-ethyl adjacent to an activating group) is 1. The summed E-state index contributed by atoms with van der Waals surface area (Å²) < 4.78 is 37.5. The van der Waals surface area contributed by atoms with Gasteiger partial charge in [-0.1, -0.05) is 11.6 Å². The second-order valence-corrected chi connectivity index (χ2v) is 5.45. The Morgan fingerprint density at radius 1 is 1.55 bits per heavy atom. The Kier molecular flexibility index (Phi) is 4.64. The van der Waals surface area contributed by atoms with Gasteiger partial charge in [0.1, 0.15) is 17.6 Å². The smallest absolute Gasteiger partial charge is 0.334 e. The van der Waals surface area contributed by atoms with Gasteiger partial charge in [-0.25, -0.2) is 0 Å². The molecular formula is C12H14ClF3N4O2. The van der Waals surface area contributed by atoms with E-state index in [4.69, 9.17) is 11.6 Å². The van der Waals surface area contributed by atoms with E-state index in [1.807, 2.05) is 0 Å². The van der Waals surface area contributed by atoms with Crippen LogP contribution in [0.1, 0.15) is 19.3 Å². The van der Waals surface area contributed by atoms with Crippen LogP contribution >= 0.6 is 11.6 Å². The first-order valence-electron chi connectivity index (χ1n) is 6.53. The molecule has 2 rings (SSSR count). The van der Waals surface area contributed by atoms with Gasteiger partial charge in [0.05, 0.1) is 0 Å². The summed E-state index contributed by atoms with van der Waals surface area (Å²) in [5, 5.41) is 5.88. The number of carbonyl (C=O) groups is 2. The molecule has 22 heavy (non-hydrogen) atoms. The number of piperidine rings is 1. The highest BCUT2D eigenvalue weighted by Crippen LogP contribution is 2.24. The van der Waals surface area contributed by atoms with E-state index >= 15 is 0 Å². The minimum absolute atomic E-state index is 0.0950. The molecule has 0 saturated carbocycles. The first-order chi connectivity index (χ1) is 10.2. The molecule has 1 saturated heterocycles. The predicted molar refractivity (Wildman–Crippen MR) is 72.3 cm³/mol. The minimum Gasteiger partial charge on any atom is -0.334 e. The van der Waals surface area contributed by atoms with Crippen LogP contribution in [-0.2, 0) is 16.1 Å². The summed E-state index contributed by atoms with van der Waals surface area (Å²) in [5.74, 6) is -0.822. The lowest BCUT2D eigenvalue weighted by molar-refractivity contribution is -0.142. The Hall–Kier alpha value is -1.77. The van der Waals surface area contributed by atoms with Crippen molar-refractivity contribution in [1.29, 1.82) is 0 Å². The summed E-state index contributed by atoms with van der Waals surface area (Å²) in [6.07, 6.45) is -2.01. The molecule has 10 heteroatoms. The molecule has 1 atom stereocenters. The predicted octanol–water partition coefficient (Wildman–Crippen LogP) is 2.05. The number of halogens is 4. The maximum absolute atomic E-state index is 12.3. The molecule has 122 valence electrons. The second kappa shape index (κ2) is 6.15. The van der Waals surface area contributed by atoms with Gasteiger partial charge in [-0.15, -0.1) is 0 Å². The number of rotatable bonds is 3. The molecule has 1 aromatic rings. The Bertz CT molecular complexity index is 587. The summed E-state index contributed by atoms with van der Waals surface area (Å²) in [4.78, 5) is 25.0. The Morgan fingerprint density at radius 3 is 2.86 bits per heavy atom. The van der Waals surface area contributed by atoms with Crippen LogP contribution in [0.5, 0.6) is 0 Å². The van der Waals surface area contributed by atoms with E-state index in [0.29, 0.717) is 23.9 Å². The topological polar surface area (TPSA) is 67.2 Å². The fourth-order valence-corrected chi connectivity index (χ4v) is 2.44. The van der Waals surface area contributed by atoms with Gasteiger partial charge in [0.15, 0.2) is 5.82 Å². The van der Waals surface area contributed by atoms with E-state index in [1.54, 1.807) is 0 Å². The van der Waals surface area contributed by atoms with Gasteiger partial charge in [0.2, 0.25) is 11.8 Å². The SMILES string of the molecule is CN1C(=O)CCCC1C(=O)Nc1nn(CC(F)(F)F)cc1Cl. The summed E-state index contributed by atoms with van der Waals surface area (Å²) >= 11 is 5.78. The van der Waals surface area contributed by atoms with E-state index < -0.39 is 24.7 Å². The molecule has 1 unspecified atom stereocenters. The first kappa shape index (κ1) is 16.6. The van der Waals surface area contributed by atoms with Gasteiger partial charge in [0.25, 0.3) is 0 Å². The van der Waals surface area contributed by atoms with Crippen molar-refractivity contribution in [2.75, 3.05) is 12.4 Å². The number of alkyl halides is 3. The number of hydrogen-bond acceptors (Lipinski definition) is 3. The highest BCUT2D eigenvalue weighted by molar-refractivity contribution is 6.33. The van der Waals surface area contributed by atoms with Crippen molar-refractivity contribution >= 4 is 29.2 Å². The molecule has 2 amide bonds. The quantitative estimate of drug-likeness (QED) is 0.917. The second-order valence-electron chi connectivity index (χ2n) is 5.04. The third-order valence-corrected chi connectivity index (χ3v) is 3.61. The van der Waals surface area contributed by atoms with Crippen molar-refractivity contribution in [1.82, 2.24) is 14.7 Å². The number of anilines is 1. The summed E-state index contributed by atoms with van der Waals surface area (Å²) in [5.41, 5.74) is 0. The van der Waals surface area contributed by atoms with Crippen molar-refractivity contribution in [2.24, 2.45) is 0 Å². The number of hydrogen-bond donors (Lipinski definition) is 1. The van der Waals surface area contributed by atoms with Crippen LogP contribution in [0.2, 0.25) is 5.02 Å². The van der Waals surface area contributed by atoms with Crippen LogP contribution in [0.15, 0.2) is 6.20 Å². The van der Waals surface area contributed by atoms with Gasteiger partial charge >= 0.3 is 6.18 Å². The minimum atomic E-state index is -4.44. The normalized spacial score (nSPS) is 19.4. The molecule has 1 fully saturated rings. The molecule has 0 aromatic carbocycles. The fourth-order valence-electron chi connectivity index (χ4n) is 2.24. The van der Waals surface area contributed by atoms with Gasteiger partial charge in [0, 0.05) is 19.7 Å². The van der Waals surface area contributed by atoms with Crippen LogP contribution in [0.4, 0.5) is 19.0 Å². The molecule has 0 aliphatic carbocycles. The molecule has 0 spiro atoms. The number of carbonyl (C=O) groups excluding carboxylic acids is 2. The van der Waals surface area contributed by atoms with Crippen molar-refractivity contribution < 1.29 is 22.8 Å². The van der Waals surface area contributed by atoms with Crippen molar-refractivity contribution in [2.45, 2.75) is 38.0 Å². The average molecular weight is 339 g/mol. The number of likely N-dealkylation sites (tertiary alicyclic amines) is 1. The van der Waals surface area contributed by atoms with Crippen LogP contribution in [0.3, 0.4) is 0 Å². The van der Waals surface area contributed by atoms with E-state index in [1.165, 1.54) is 11.9 Å². The van der Waals surface area contributed by atoms with Crippen molar-refractivity contribution in [3.63, 3.8) is 0 Å². The van der Waals surface area contributed by atoms with Gasteiger partial charge in [-0.05, 0) is 12.8 Å². The Morgan fingerprint density at radius 2 is 2.23 bits per heavy atom. The van der Waals surface area contributed by atoms with E-state index in [0.717, 1.165) is 6.20 Å². The van der Waals surface area contributed by atoms with Crippen molar-refractivity contribution in [3.05, 3.63) is 11.2 Å². The Labute approximate surface area is 129 Å². The maximum Gasteiger partial charge on any atom is 0.408 e. The first-order valence-corrected chi connectivity index (χ1v) is 6.91. The van der Waals surface area contributed by atoms with Crippen LogP contribution in [0.25, 0.3) is 0 Å². The summed E-state index contributed by atoms with van der Waals surface area (Å²) in [7, 11) is 1.51. The van der Waals surface area contributed by atoms with Gasteiger partial charge in [-0.3, -0.25) is 14.3 Å². The number of aromatic nitrogens is 2. The maximum atomic E-state index is 12.3. The molecule has 1 N–H and O–H groups in total. The van der Waals surface area contributed by atoms with E-state index in [2.05, 4.69) is 10.4 Å². The molecule has 1 aromatic heterocycles. The summed E-state index contributed by atoms with van der Waals surface area (Å²) in [6.45, 7) is -1.30. The lowest BCUT2D eigenvalue weighted by atomic mass is 10.0. The van der Waals surface area contributed by atoms with Crippen LogP contribution in [-0.4, -0.2) is 45.8 Å². The highest BCUT2D eigenvalue weighted by atomic mass is 35.5. The zero-order chi connectivity index (χ0) is 16.5. The van der Waals surface area contributed by atoms with E-state index in [-0.39, 0.29) is 16.7 Å². The van der Waals surface area contributed by atoms with Gasteiger partial charge in [-0.2, -0.15) is 18.3 Å². The van der Waals surface area contributed by atoms with Crippen LogP contribution in [0, 0.1) is 0 Å². The lowest BCUT2D eigenvalue weighted by Crippen LogP contribution is -2.47. The zero-order valence-corrected chi connectivity index (χ0v) is 12.4. The standard InChI is InChI=1S/C12H14ClF3N4O2/c1-19-8(3-2-4-9(19)21)11(22)17-10-7(13)5-20(18-10)6-12(14,15)16/h5,8H,2-4,6H2,1H3,(H,17,18,22). The van der Waals surface area contributed by atoms with E-state index in [9.17, 15) is 22.8 Å². The van der Waals surface area contributed by atoms with Gasteiger partial charge < -0.3 is 10.2 Å². The number of nitrogens with zero attached hydrogens (tertiary/aromatic N) is 3. The molecule has 1 aliphatic heterocycles. The molecule has 1 aliphatic rings. The van der Waals surface area contributed by atoms with Crippen molar-refractivity contribution in [3.8, 4) is 0 Å². The molecule has 0 bridgehead atoms. The lowest BCUT2D eigenvalue weighted by Gasteiger charge is -2.31. The third-order valence-electron chi connectivity index (χ3n) is 3.33. The molecule has 0 radical (unpaired) electrons. The molecule has 2 heterocycles. The monoisotopic (exact) mass is 338 g/mol. The average Bonchev–Trinajstić information content (AvgIpc) is 2.70. The summed E-state index contributed by atoms with van der Waals surface area (Å²) in [6, 6.07) is -0.676. The highest BCUT2D eigenvalue weighted by Gasteiger charge is 2.32. The third kappa shape index (κ3) is 3.90. The largest absolute Gasteiger partial charge is 0.408 e. The zero-order valence-electron chi connectivity index (χ0n) is 11.7. The number of nitrogens with one attached hydrogen (secondary N) is 1.